The standard InChI is InChI=1S/C12H25N3O3/c1-12(2,15-7-5-13-6-8-15)11(16)14-9-10(17-3)18-4/h10,13H,5-9H2,1-4H3,(H,14,16). The van der Waals surface area contributed by atoms with Crippen LogP contribution in [0.2, 0.25) is 0 Å². The predicted molar refractivity (Wildman–Crippen MR) is 69.3 cm³/mol. The summed E-state index contributed by atoms with van der Waals surface area (Å²) in [5.41, 5.74) is -0.506. The van der Waals surface area contributed by atoms with E-state index in [0.29, 0.717) is 6.54 Å². The number of rotatable bonds is 6. The molecule has 0 spiro atoms. The van der Waals surface area contributed by atoms with Crippen LogP contribution in [0.25, 0.3) is 0 Å². The highest BCUT2D eigenvalue weighted by molar-refractivity contribution is 5.85. The van der Waals surface area contributed by atoms with Gasteiger partial charge in [-0.25, -0.2) is 0 Å². The lowest BCUT2D eigenvalue weighted by Crippen LogP contribution is -2.60. The second-order valence-electron chi connectivity index (χ2n) is 4.91. The molecule has 0 saturated carbocycles. The lowest BCUT2D eigenvalue weighted by atomic mass is 10.0. The van der Waals surface area contributed by atoms with Crippen LogP contribution in [0.5, 0.6) is 0 Å². The minimum atomic E-state index is -0.506. The van der Waals surface area contributed by atoms with Crippen molar-refractivity contribution in [1.29, 1.82) is 0 Å². The third kappa shape index (κ3) is 3.91. The Kier molecular flexibility index (Phi) is 6.01. The first-order valence-corrected chi connectivity index (χ1v) is 6.32. The average molecular weight is 259 g/mol. The van der Waals surface area contributed by atoms with Crippen LogP contribution in [0.4, 0.5) is 0 Å². The molecule has 1 aliphatic heterocycles. The fraction of sp³-hybridized carbons (Fsp3) is 0.917. The van der Waals surface area contributed by atoms with Crippen LogP contribution in [0.3, 0.4) is 0 Å². The van der Waals surface area contributed by atoms with E-state index in [2.05, 4.69) is 15.5 Å². The number of ether oxygens (including phenoxy) is 2. The molecule has 6 nitrogen and oxygen atoms in total. The molecule has 1 aliphatic rings. The highest BCUT2D eigenvalue weighted by Crippen LogP contribution is 2.15. The molecule has 0 unspecified atom stereocenters. The summed E-state index contributed by atoms with van der Waals surface area (Å²) in [7, 11) is 3.11. The second kappa shape index (κ2) is 7.04. The molecule has 0 atom stereocenters. The maximum Gasteiger partial charge on any atom is 0.240 e. The molecule has 1 rings (SSSR count). The summed E-state index contributed by atoms with van der Waals surface area (Å²) in [6.07, 6.45) is -0.396. The van der Waals surface area contributed by atoms with Crippen molar-refractivity contribution in [3.05, 3.63) is 0 Å². The number of methoxy groups -OCH3 is 2. The number of nitrogens with one attached hydrogen (secondary N) is 2. The zero-order valence-corrected chi connectivity index (χ0v) is 11.8. The smallest absolute Gasteiger partial charge is 0.240 e. The van der Waals surface area contributed by atoms with Gasteiger partial charge in [0.05, 0.1) is 12.1 Å². The van der Waals surface area contributed by atoms with Gasteiger partial charge in [-0.3, -0.25) is 9.69 Å². The molecule has 18 heavy (non-hydrogen) atoms. The maximum atomic E-state index is 12.2. The number of hydrogen-bond donors (Lipinski definition) is 2. The van der Waals surface area contributed by atoms with Crippen LogP contribution >= 0.6 is 0 Å². The van der Waals surface area contributed by atoms with Gasteiger partial charge in [0.25, 0.3) is 0 Å². The monoisotopic (exact) mass is 259 g/mol. The number of nitrogens with zero attached hydrogens (tertiary/aromatic N) is 1. The summed E-state index contributed by atoms with van der Waals surface area (Å²) in [5.74, 6) is 0.00324. The van der Waals surface area contributed by atoms with E-state index in [-0.39, 0.29) is 5.91 Å². The van der Waals surface area contributed by atoms with Gasteiger partial charge in [0, 0.05) is 40.4 Å². The average Bonchev–Trinajstić information content (AvgIpc) is 2.40. The minimum Gasteiger partial charge on any atom is -0.354 e. The Morgan fingerprint density at radius 1 is 1.33 bits per heavy atom. The van der Waals surface area contributed by atoms with Crippen molar-refractivity contribution in [3.8, 4) is 0 Å². The van der Waals surface area contributed by atoms with Gasteiger partial charge in [-0.1, -0.05) is 0 Å². The predicted octanol–water partition coefficient (Wildman–Crippen LogP) is -0.595. The van der Waals surface area contributed by atoms with Crippen LogP contribution in [-0.4, -0.2) is 69.6 Å². The van der Waals surface area contributed by atoms with E-state index in [1.165, 1.54) is 0 Å². The summed E-state index contributed by atoms with van der Waals surface area (Å²) in [6.45, 7) is 7.88. The van der Waals surface area contributed by atoms with Gasteiger partial charge in [-0.2, -0.15) is 0 Å². The van der Waals surface area contributed by atoms with Crippen molar-refractivity contribution < 1.29 is 14.3 Å². The summed E-state index contributed by atoms with van der Waals surface area (Å²) in [6, 6.07) is 0. The van der Waals surface area contributed by atoms with Gasteiger partial charge in [0.2, 0.25) is 5.91 Å². The van der Waals surface area contributed by atoms with Crippen LogP contribution in [0, 0.1) is 0 Å². The van der Waals surface area contributed by atoms with Crippen LogP contribution < -0.4 is 10.6 Å². The van der Waals surface area contributed by atoms with Crippen LogP contribution in [0.15, 0.2) is 0 Å². The van der Waals surface area contributed by atoms with E-state index >= 15 is 0 Å². The molecule has 0 aliphatic carbocycles. The Bertz CT molecular complexity index is 261. The Labute approximate surface area is 109 Å². The van der Waals surface area contributed by atoms with Crippen molar-refractivity contribution >= 4 is 5.91 Å². The SMILES string of the molecule is COC(CNC(=O)C(C)(C)N1CCNCC1)OC. The van der Waals surface area contributed by atoms with Crippen LogP contribution in [0.1, 0.15) is 13.8 Å². The fourth-order valence-corrected chi connectivity index (χ4v) is 2.02. The molecule has 1 heterocycles. The first-order chi connectivity index (χ1) is 8.52. The Morgan fingerprint density at radius 2 is 1.89 bits per heavy atom. The zero-order chi connectivity index (χ0) is 13.6. The molecule has 0 aromatic carbocycles. The summed E-state index contributed by atoms with van der Waals surface area (Å²) >= 11 is 0. The van der Waals surface area contributed by atoms with E-state index in [1.54, 1.807) is 14.2 Å². The van der Waals surface area contributed by atoms with E-state index in [0.717, 1.165) is 26.2 Å². The quantitative estimate of drug-likeness (QED) is 0.624. The Morgan fingerprint density at radius 3 is 2.39 bits per heavy atom. The van der Waals surface area contributed by atoms with Crippen molar-refractivity contribution in [2.45, 2.75) is 25.7 Å². The highest BCUT2D eigenvalue weighted by atomic mass is 16.7. The number of carbonyl (C=O) groups is 1. The van der Waals surface area contributed by atoms with Crippen LogP contribution in [-0.2, 0) is 14.3 Å². The molecular formula is C12H25N3O3. The third-order valence-electron chi connectivity index (χ3n) is 3.42. The lowest BCUT2D eigenvalue weighted by molar-refractivity contribution is -0.137. The zero-order valence-electron chi connectivity index (χ0n) is 11.8. The normalized spacial score (nSPS) is 18.1. The molecule has 1 amide bonds. The van der Waals surface area contributed by atoms with E-state index in [4.69, 9.17) is 9.47 Å². The number of amides is 1. The molecule has 1 saturated heterocycles. The van der Waals surface area contributed by atoms with E-state index in [1.807, 2.05) is 13.8 Å². The summed E-state index contributed by atoms with van der Waals surface area (Å²) in [4.78, 5) is 14.4. The van der Waals surface area contributed by atoms with Gasteiger partial charge < -0.3 is 20.1 Å². The summed E-state index contributed by atoms with van der Waals surface area (Å²) < 4.78 is 10.1. The van der Waals surface area contributed by atoms with Gasteiger partial charge >= 0.3 is 0 Å². The van der Waals surface area contributed by atoms with Gasteiger partial charge in [0.15, 0.2) is 6.29 Å². The maximum absolute atomic E-state index is 12.2. The number of piperazine rings is 1. The molecule has 1 fully saturated rings. The van der Waals surface area contributed by atoms with E-state index in [9.17, 15) is 4.79 Å². The second-order valence-corrected chi connectivity index (χ2v) is 4.91. The molecule has 0 bridgehead atoms. The Balaban J connectivity index is 2.47. The van der Waals surface area contributed by atoms with Crippen molar-refractivity contribution in [2.24, 2.45) is 0 Å². The first-order valence-electron chi connectivity index (χ1n) is 6.32. The lowest BCUT2D eigenvalue weighted by Gasteiger charge is -2.39. The molecule has 6 heteroatoms. The van der Waals surface area contributed by atoms with Crippen molar-refractivity contribution in [1.82, 2.24) is 15.5 Å². The topological polar surface area (TPSA) is 62.8 Å². The molecular weight excluding hydrogens is 234 g/mol. The highest BCUT2D eigenvalue weighted by Gasteiger charge is 2.35. The van der Waals surface area contributed by atoms with Gasteiger partial charge in [-0.15, -0.1) is 0 Å². The largest absolute Gasteiger partial charge is 0.354 e. The number of hydrogen-bond acceptors (Lipinski definition) is 5. The molecule has 0 aromatic heterocycles. The molecule has 2 N–H and O–H groups in total. The van der Waals surface area contributed by atoms with Gasteiger partial charge in [-0.05, 0) is 13.8 Å². The minimum absolute atomic E-state index is 0.00324. The molecule has 0 radical (unpaired) electrons. The van der Waals surface area contributed by atoms with Crippen molar-refractivity contribution in [3.63, 3.8) is 0 Å². The van der Waals surface area contributed by atoms with E-state index < -0.39 is 11.8 Å². The number of carbonyl (C=O) groups excluding carboxylic acids is 1. The Hall–Kier alpha value is -0.690. The third-order valence-corrected chi connectivity index (χ3v) is 3.42. The summed E-state index contributed by atoms with van der Waals surface area (Å²) in [5, 5.41) is 6.15. The fourth-order valence-electron chi connectivity index (χ4n) is 2.02. The molecule has 106 valence electrons. The first kappa shape index (κ1) is 15.4. The van der Waals surface area contributed by atoms with Gasteiger partial charge in [0.1, 0.15) is 0 Å². The molecule has 0 aromatic rings. The van der Waals surface area contributed by atoms with Crippen molar-refractivity contribution in [2.75, 3.05) is 46.9 Å².